The number of carbonyl (C=O) groups excluding carboxylic acids is 1. The lowest BCUT2D eigenvalue weighted by molar-refractivity contribution is 0.0931. The summed E-state index contributed by atoms with van der Waals surface area (Å²) >= 11 is 0. The molecular weight excluding hydrogens is 352 g/mol. The maximum atomic E-state index is 11.6. The highest BCUT2D eigenvalue weighted by Gasteiger charge is 2.21. The summed E-state index contributed by atoms with van der Waals surface area (Å²) in [5.74, 6) is -0.0849. The monoisotopic (exact) mass is 378 g/mol. The van der Waals surface area contributed by atoms with Crippen molar-refractivity contribution in [2.45, 2.75) is 53.4 Å². The highest BCUT2D eigenvalue weighted by atomic mass is 16.4. The summed E-state index contributed by atoms with van der Waals surface area (Å²) in [5, 5.41) is 18.6. The molecule has 2 aromatic heterocycles. The molecule has 2 rings (SSSR count). The van der Waals surface area contributed by atoms with Gasteiger partial charge in [0.05, 0.1) is 6.07 Å². The second-order valence-corrected chi connectivity index (χ2v) is 7.06. The number of rotatable bonds is 4. The van der Waals surface area contributed by atoms with Gasteiger partial charge in [-0.1, -0.05) is 41.5 Å². The lowest BCUT2D eigenvalue weighted by atomic mass is 10.0. The van der Waals surface area contributed by atoms with Crippen LogP contribution in [0.15, 0.2) is 36.6 Å². The second kappa shape index (κ2) is 9.21. The van der Waals surface area contributed by atoms with Crippen molar-refractivity contribution in [1.29, 1.82) is 0 Å². The van der Waals surface area contributed by atoms with Crippen LogP contribution in [0.5, 0.6) is 11.5 Å². The maximum Gasteiger partial charge on any atom is 0.350 e. The molecule has 2 heterocycles. The molecule has 0 unspecified atom stereocenters. The Hall–Kier alpha value is -2.83. The zero-order valence-electron chi connectivity index (χ0n) is 16.4. The van der Waals surface area contributed by atoms with Gasteiger partial charge in [0.15, 0.2) is 5.78 Å². The summed E-state index contributed by atoms with van der Waals surface area (Å²) < 4.78 is 9.79. The van der Waals surface area contributed by atoms with Crippen molar-refractivity contribution >= 4 is 5.78 Å². The van der Waals surface area contributed by atoms with Crippen molar-refractivity contribution in [2.24, 2.45) is 5.92 Å². The van der Waals surface area contributed by atoms with Crippen LogP contribution < -0.4 is 11.3 Å². The van der Waals surface area contributed by atoms with Gasteiger partial charge in [-0.25, -0.2) is 9.59 Å². The zero-order chi connectivity index (χ0) is 20.9. The van der Waals surface area contributed by atoms with E-state index in [9.17, 15) is 19.5 Å². The molecule has 7 nitrogen and oxygen atoms in total. The minimum atomic E-state index is -0.762. The molecule has 2 aromatic rings. The quantitative estimate of drug-likeness (QED) is 0.777. The number of ketones is 1. The molecule has 0 radical (unpaired) electrons. The van der Waals surface area contributed by atoms with E-state index in [1.807, 2.05) is 27.7 Å². The van der Waals surface area contributed by atoms with Crippen LogP contribution in [0.4, 0.5) is 0 Å². The summed E-state index contributed by atoms with van der Waals surface area (Å²) in [6.07, 6.45) is 0. The van der Waals surface area contributed by atoms with Gasteiger partial charge in [-0.15, -0.1) is 0 Å². The van der Waals surface area contributed by atoms with Gasteiger partial charge in [-0.3, -0.25) is 4.79 Å². The molecule has 0 saturated heterocycles. The fourth-order valence-electron chi connectivity index (χ4n) is 2.07. The predicted molar refractivity (Wildman–Crippen MR) is 101 cm³/mol. The highest BCUT2D eigenvalue weighted by molar-refractivity contribution is 5.99. The van der Waals surface area contributed by atoms with Crippen molar-refractivity contribution in [3.8, 4) is 11.5 Å². The smallest absolute Gasteiger partial charge is 0.350 e. The van der Waals surface area contributed by atoms with E-state index < -0.39 is 17.0 Å². The van der Waals surface area contributed by atoms with E-state index >= 15 is 0 Å². The first-order chi connectivity index (χ1) is 12.4. The molecule has 2 N–H and O–H groups in total. The fraction of sp³-hybridized carbons (Fsp3) is 0.450. The van der Waals surface area contributed by atoms with Crippen LogP contribution in [0.3, 0.4) is 0 Å². The van der Waals surface area contributed by atoms with Crippen LogP contribution in [0.1, 0.15) is 75.3 Å². The SMILES string of the molecule is CC(C)C(=O)c1c(O)cc(C(C)C)oc1=O.CC(C)c1cc(O)cc(=O)o1. The molecule has 148 valence electrons. The van der Waals surface area contributed by atoms with Gasteiger partial charge in [0.25, 0.3) is 0 Å². The number of carbonyl (C=O) groups is 1. The average molecular weight is 378 g/mol. The molecule has 0 fully saturated rings. The predicted octanol–water partition coefficient (Wildman–Crippen LogP) is 3.78. The van der Waals surface area contributed by atoms with E-state index in [0.29, 0.717) is 11.5 Å². The molecule has 27 heavy (non-hydrogen) atoms. The highest BCUT2D eigenvalue weighted by Crippen LogP contribution is 2.22. The van der Waals surface area contributed by atoms with Gasteiger partial charge in [-0.05, 0) is 0 Å². The summed E-state index contributed by atoms with van der Waals surface area (Å²) in [4.78, 5) is 33.9. The zero-order valence-corrected chi connectivity index (χ0v) is 16.4. The van der Waals surface area contributed by atoms with Crippen LogP contribution in [0, 0.1) is 5.92 Å². The number of hydrogen-bond acceptors (Lipinski definition) is 7. The van der Waals surface area contributed by atoms with Gasteiger partial charge < -0.3 is 19.0 Å². The van der Waals surface area contributed by atoms with E-state index in [-0.39, 0.29) is 34.8 Å². The van der Waals surface area contributed by atoms with Gasteiger partial charge >= 0.3 is 11.3 Å². The Morgan fingerprint density at radius 1 is 0.852 bits per heavy atom. The number of aromatic hydroxyl groups is 2. The maximum absolute atomic E-state index is 11.6. The molecule has 0 spiro atoms. The molecule has 7 heteroatoms. The molecule has 0 aliphatic heterocycles. The Morgan fingerprint density at radius 2 is 1.37 bits per heavy atom. The minimum Gasteiger partial charge on any atom is -0.508 e. The van der Waals surface area contributed by atoms with E-state index in [1.165, 1.54) is 12.1 Å². The number of Topliss-reactive ketones (excluding diaryl/α,β-unsaturated/α-hetero) is 1. The fourth-order valence-corrected chi connectivity index (χ4v) is 2.07. The molecule has 0 saturated carbocycles. The van der Waals surface area contributed by atoms with Gasteiger partial charge in [-0.2, -0.15) is 0 Å². The number of hydrogen-bond donors (Lipinski definition) is 2. The third-order valence-corrected chi connectivity index (χ3v) is 3.63. The molecule has 0 aromatic carbocycles. The summed E-state index contributed by atoms with van der Waals surface area (Å²) in [5.41, 5.74) is -1.52. The minimum absolute atomic E-state index is 0.0122. The standard InChI is InChI=1S/C12H16O4.C8H10O3/c1-6(2)9-5-8(13)10(12(15)16-9)11(14)7(3)4;1-5(2)7-3-6(9)4-8(10)11-7/h5-7,13H,1-4H3;3-5,9H,1-2H3. The molecule has 0 atom stereocenters. The Morgan fingerprint density at radius 3 is 1.78 bits per heavy atom. The molecule has 0 aliphatic carbocycles. The third kappa shape index (κ3) is 6.13. The van der Waals surface area contributed by atoms with E-state index in [2.05, 4.69) is 0 Å². The summed E-state index contributed by atoms with van der Waals surface area (Å²) in [6, 6.07) is 3.83. The summed E-state index contributed by atoms with van der Waals surface area (Å²) in [7, 11) is 0. The van der Waals surface area contributed by atoms with Crippen molar-refractivity contribution < 1.29 is 23.8 Å². The van der Waals surface area contributed by atoms with E-state index in [0.717, 1.165) is 6.07 Å². The van der Waals surface area contributed by atoms with Crippen LogP contribution in [0.25, 0.3) is 0 Å². The van der Waals surface area contributed by atoms with Crippen molar-refractivity contribution in [3.05, 3.63) is 56.1 Å². The van der Waals surface area contributed by atoms with Crippen molar-refractivity contribution in [1.82, 2.24) is 0 Å². The first-order valence-corrected chi connectivity index (χ1v) is 8.69. The largest absolute Gasteiger partial charge is 0.508 e. The molecule has 0 amide bonds. The van der Waals surface area contributed by atoms with Crippen LogP contribution in [-0.4, -0.2) is 16.0 Å². The topological polar surface area (TPSA) is 118 Å². The van der Waals surface area contributed by atoms with Gasteiger partial charge in [0.1, 0.15) is 28.6 Å². The van der Waals surface area contributed by atoms with E-state index in [4.69, 9.17) is 13.9 Å². The Labute approximate surface area is 157 Å². The third-order valence-electron chi connectivity index (χ3n) is 3.63. The average Bonchev–Trinajstić information content (AvgIpc) is 2.53. The van der Waals surface area contributed by atoms with Gasteiger partial charge in [0.2, 0.25) is 0 Å². The lowest BCUT2D eigenvalue weighted by Gasteiger charge is -2.08. The second-order valence-electron chi connectivity index (χ2n) is 7.06. The first-order valence-electron chi connectivity index (χ1n) is 8.69. The normalized spacial score (nSPS) is 10.9. The molecule has 0 bridgehead atoms. The van der Waals surface area contributed by atoms with Crippen LogP contribution in [0.2, 0.25) is 0 Å². The molecule has 0 aliphatic rings. The Balaban J connectivity index is 0.000000289. The Kier molecular flexibility index (Phi) is 7.57. The molecular formula is C20H26O7. The van der Waals surface area contributed by atoms with Crippen LogP contribution >= 0.6 is 0 Å². The Bertz CT molecular complexity index is 901. The van der Waals surface area contributed by atoms with Crippen molar-refractivity contribution in [2.75, 3.05) is 0 Å². The lowest BCUT2D eigenvalue weighted by Crippen LogP contribution is -2.19. The van der Waals surface area contributed by atoms with Gasteiger partial charge in [0, 0.05) is 29.9 Å². The van der Waals surface area contributed by atoms with E-state index in [1.54, 1.807) is 13.8 Å². The van der Waals surface area contributed by atoms with Crippen LogP contribution in [-0.2, 0) is 0 Å². The first kappa shape index (κ1) is 22.2. The van der Waals surface area contributed by atoms with Crippen molar-refractivity contribution in [3.63, 3.8) is 0 Å². The summed E-state index contributed by atoms with van der Waals surface area (Å²) in [6.45, 7) is 10.8.